The number of carboxylic acid groups (broad SMARTS) is 1. The summed E-state index contributed by atoms with van der Waals surface area (Å²) in [5, 5.41) is 9.49. The van der Waals surface area contributed by atoms with Crippen LogP contribution in [0.2, 0.25) is 0 Å². The summed E-state index contributed by atoms with van der Waals surface area (Å²) in [6, 6.07) is 16.9. The van der Waals surface area contributed by atoms with E-state index >= 15 is 0 Å². The fourth-order valence-electron chi connectivity index (χ4n) is 1.75. The highest BCUT2D eigenvalue weighted by Crippen LogP contribution is 2.20. The molecule has 0 aromatic heterocycles. The number of hydrogen-bond donors (Lipinski definition) is 1. The predicted molar refractivity (Wildman–Crippen MR) is 78.5 cm³/mol. The van der Waals surface area contributed by atoms with Crippen molar-refractivity contribution in [1.82, 2.24) is 5.06 Å². The van der Waals surface area contributed by atoms with Crippen LogP contribution in [0.3, 0.4) is 0 Å². The van der Waals surface area contributed by atoms with Gasteiger partial charge in [0.25, 0.3) is 0 Å². The first-order valence-corrected chi connectivity index (χ1v) is 6.56. The molecule has 21 heavy (non-hydrogen) atoms. The second-order valence-electron chi connectivity index (χ2n) is 4.43. The molecule has 0 aliphatic heterocycles. The van der Waals surface area contributed by atoms with Crippen LogP contribution in [-0.4, -0.2) is 29.9 Å². The summed E-state index contributed by atoms with van der Waals surface area (Å²) in [6.45, 7) is 0.544. The van der Waals surface area contributed by atoms with Crippen LogP contribution in [0.15, 0.2) is 54.6 Å². The largest absolute Gasteiger partial charge is 0.493 e. The number of hydroxylamine groups is 2. The van der Waals surface area contributed by atoms with Gasteiger partial charge in [-0.25, -0.2) is 4.79 Å². The Morgan fingerprint density at radius 1 is 1.10 bits per heavy atom. The molecule has 0 radical (unpaired) electrons. The molecule has 5 heteroatoms. The molecule has 0 saturated carbocycles. The first-order chi connectivity index (χ1) is 10.1. The Hall–Kier alpha value is -2.69. The standard InChI is InChI=1S/C16H17NO4/c1-17(16(18)19)21-15-9-5-8-14(12-15)20-11-10-13-6-3-2-4-7-13/h2-9,12H,10-11H2,1H3,(H,18,19). The maximum Gasteiger partial charge on any atom is 0.440 e. The van der Waals surface area contributed by atoms with E-state index in [9.17, 15) is 4.79 Å². The molecule has 0 spiro atoms. The lowest BCUT2D eigenvalue weighted by Gasteiger charge is -2.14. The number of benzene rings is 2. The van der Waals surface area contributed by atoms with Crippen molar-refractivity contribution < 1.29 is 19.5 Å². The van der Waals surface area contributed by atoms with E-state index in [1.54, 1.807) is 24.3 Å². The number of carbonyl (C=O) groups is 1. The Bertz CT molecular complexity index is 586. The van der Waals surface area contributed by atoms with E-state index in [2.05, 4.69) is 0 Å². The van der Waals surface area contributed by atoms with E-state index in [0.29, 0.717) is 18.1 Å². The Morgan fingerprint density at radius 2 is 1.81 bits per heavy atom. The minimum absolute atomic E-state index is 0.414. The highest BCUT2D eigenvalue weighted by atomic mass is 16.7. The zero-order valence-electron chi connectivity index (χ0n) is 11.7. The van der Waals surface area contributed by atoms with Gasteiger partial charge in [-0.1, -0.05) is 36.4 Å². The maximum absolute atomic E-state index is 10.7. The van der Waals surface area contributed by atoms with Gasteiger partial charge in [0.1, 0.15) is 5.75 Å². The average Bonchev–Trinajstić information content (AvgIpc) is 2.48. The van der Waals surface area contributed by atoms with Crippen LogP contribution in [0, 0.1) is 0 Å². The Labute approximate surface area is 123 Å². The van der Waals surface area contributed by atoms with E-state index in [1.807, 2.05) is 30.3 Å². The van der Waals surface area contributed by atoms with Gasteiger partial charge in [-0.2, -0.15) is 0 Å². The number of hydrogen-bond acceptors (Lipinski definition) is 3. The van der Waals surface area contributed by atoms with Gasteiger partial charge < -0.3 is 14.7 Å². The summed E-state index contributed by atoms with van der Waals surface area (Å²) in [5.41, 5.74) is 1.20. The normalized spacial score (nSPS) is 9.95. The second kappa shape index (κ2) is 7.19. The van der Waals surface area contributed by atoms with Crippen LogP contribution in [-0.2, 0) is 6.42 Å². The van der Waals surface area contributed by atoms with Crippen LogP contribution in [0.4, 0.5) is 4.79 Å². The molecule has 2 aromatic carbocycles. The van der Waals surface area contributed by atoms with Gasteiger partial charge in [-0.15, -0.1) is 5.06 Å². The summed E-state index contributed by atoms with van der Waals surface area (Å²) >= 11 is 0. The van der Waals surface area contributed by atoms with Gasteiger partial charge in [0, 0.05) is 12.5 Å². The predicted octanol–water partition coefficient (Wildman–Crippen LogP) is 3.21. The van der Waals surface area contributed by atoms with E-state index in [4.69, 9.17) is 14.7 Å². The van der Waals surface area contributed by atoms with Crippen molar-refractivity contribution in [1.29, 1.82) is 0 Å². The first kappa shape index (κ1) is 14.7. The van der Waals surface area contributed by atoms with Gasteiger partial charge in [-0.3, -0.25) is 0 Å². The van der Waals surface area contributed by atoms with Crippen LogP contribution in [0.5, 0.6) is 11.5 Å². The van der Waals surface area contributed by atoms with E-state index in [0.717, 1.165) is 11.5 Å². The van der Waals surface area contributed by atoms with Gasteiger partial charge in [0.15, 0.2) is 5.75 Å². The number of amides is 1. The first-order valence-electron chi connectivity index (χ1n) is 6.56. The molecule has 1 N–H and O–H groups in total. The molecule has 0 fully saturated rings. The summed E-state index contributed by atoms with van der Waals surface area (Å²) in [5.74, 6) is 1.05. The molecule has 0 heterocycles. The molecule has 0 saturated heterocycles. The molecule has 0 aliphatic rings. The van der Waals surface area contributed by atoms with E-state index < -0.39 is 6.09 Å². The molecule has 1 amide bonds. The molecule has 5 nitrogen and oxygen atoms in total. The number of rotatable bonds is 6. The SMILES string of the molecule is CN(Oc1cccc(OCCc2ccccc2)c1)C(=O)O. The Morgan fingerprint density at radius 3 is 2.52 bits per heavy atom. The smallest absolute Gasteiger partial charge is 0.440 e. The van der Waals surface area contributed by atoms with Crippen LogP contribution in [0.25, 0.3) is 0 Å². The second-order valence-corrected chi connectivity index (χ2v) is 4.43. The third-order valence-electron chi connectivity index (χ3n) is 2.82. The van der Waals surface area contributed by atoms with Crippen molar-refractivity contribution >= 4 is 6.09 Å². The van der Waals surface area contributed by atoms with Crippen molar-refractivity contribution in [3.8, 4) is 11.5 Å². The van der Waals surface area contributed by atoms with Gasteiger partial charge >= 0.3 is 6.09 Å². The van der Waals surface area contributed by atoms with E-state index in [-0.39, 0.29) is 0 Å². The van der Waals surface area contributed by atoms with Crippen molar-refractivity contribution in [2.24, 2.45) is 0 Å². The minimum Gasteiger partial charge on any atom is -0.493 e. The number of nitrogens with zero attached hydrogens (tertiary/aromatic N) is 1. The van der Waals surface area contributed by atoms with Gasteiger partial charge in [0.2, 0.25) is 0 Å². The molecule has 2 rings (SSSR count). The topological polar surface area (TPSA) is 59.0 Å². The van der Waals surface area contributed by atoms with Crippen molar-refractivity contribution in [3.05, 3.63) is 60.2 Å². The van der Waals surface area contributed by atoms with Crippen LogP contribution < -0.4 is 9.57 Å². The zero-order valence-corrected chi connectivity index (χ0v) is 11.7. The minimum atomic E-state index is -1.16. The molecule has 0 aliphatic carbocycles. The maximum atomic E-state index is 10.7. The third kappa shape index (κ3) is 4.72. The lowest BCUT2D eigenvalue weighted by molar-refractivity contribution is -0.0133. The van der Waals surface area contributed by atoms with Crippen molar-refractivity contribution in [3.63, 3.8) is 0 Å². The Kier molecular flexibility index (Phi) is 5.04. The fraction of sp³-hybridized carbons (Fsp3) is 0.188. The molecular weight excluding hydrogens is 270 g/mol. The monoisotopic (exact) mass is 287 g/mol. The highest BCUT2D eigenvalue weighted by Gasteiger charge is 2.08. The van der Waals surface area contributed by atoms with E-state index in [1.165, 1.54) is 12.6 Å². The third-order valence-corrected chi connectivity index (χ3v) is 2.82. The van der Waals surface area contributed by atoms with Crippen LogP contribution >= 0.6 is 0 Å². The zero-order chi connectivity index (χ0) is 15.1. The highest BCUT2D eigenvalue weighted by molar-refractivity contribution is 5.63. The molecular formula is C16H17NO4. The van der Waals surface area contributed by atoms with Crippen molar-refractivity contribution in [2.45, 2.75) is 6.42 Å². The van der Waals surface area contributed by atoms with Gasteiger partial charge in [0.05, 0.1) is 13.7 Å². The van der Waals surface area contributed by atoms with Crippen molar-refractivity contribution in [2.75, 3.05) is 13.7 Å². The lowest BCUT2D eigenvalue weighted by atomic mass is 10.2. The molecule has 110 valence electrons. The lowest BCUT2D eigenvalue weighted by Crippen LogP contribution is -2.28. The average molecular weight is 287 g/mol. The molecule has 2 aromatic rings. The molecule has 0 bridgehead atoms. The van der Waals surface area contributed by atoms with Gasteiger partial charge in [-0.05, 0) is 17.7 Å². The molecule has 0 atom stereocenters. The summed E-state index contributed by atoms with van der Waals surface area (Å²) < 4.78 is 5.65. The fourth-order valence-corrected chi connectivity index (χ4v) is 1.75. The number of ether oxygens (including phenoxy) is 1. The summed E-state index contributed by atoms with van der Waals surface area (Å²) in [7, 11) is 1.32. The van der Waals surface area contributed by atoms with Crippen LogP contribution in [0.1, 0.15) is 5.56 Å². The molecule has 0 unspecified atom stereocenters. The quantitative estimate of drug-likeness (QED) is 0.829. The Balaban J connectivity index is 1.87. The summed E-state index contributed by atoms with van der Waals surface area (Å²) in [6.07, 6.45) is -0.355. The summed E-state index contributed by atoms with van der Waals surface area (Å²) in [4.78, 5) is 15.8.